The number of aryl methyl sites for hydroxylation is 1. The second-order valence-electron chi connectivity index (χ2n) is 5.45. The Bertz CT molecular complexity index is 452. The molecular weight excluding hydrogens is 210 g/mol. The molecule has 3 rings (SSSR count). The number of hydrogen-bond acceptors (Lipinski definition) is 1. The number of nitrogens with zero attached hydrogens (tertiary/aromatic N) is 1. The van der Waals surface area contributed by atoms with Crippen LogP contribution in [0.5, 0.6) is 0 Å². The van der Waals surface area contributed by atoms with Gasteiger partial charge in [0.2, 0.25) is 0 Å². The first-order valence-corrected chi connectivity index (χ1v) is 6.47. The summed E-state index contributed by atoms with van der Waals surface area (Å²) in [5.41, 5.74) is 2.82. The van der Waals surface area contributed by atoms with Crippen LogP contribution in [0.1, 0.15) is 31.4 Å². The van der Waals surface area contributed by atoms with Crippen molar-refractivity contribution >= 4 is 0 Å². The Balaban J connectivity index is 1.93. The summed E-state index contributed by atoms with van der Waals surface area (Å²) in [7, 11) is 2.07. The van der Waals surface area contributed by atoms with Crippen LogP contribution in [0.4, 0.5) is 0 Å². The highest BCUT2D eigenvalue weighted by atomic mass is 16.5. The number of rotatable bonds is 1. The van der Waals surface area contributed by atoms with Crippen molar-refractivity contribution in [2.45, 2.75) is 25.9 Å². The lowest BCUT2D eigenvalue weighted by Gasteiger charge is -2.39. The molecule has 2 nitrogen and oxygen atoms in total. The Labute approximate surface area is 103 Å². The smallest absolute Gasteiger partial charge is 0.174 e. The van der Waals surface area contributed by atoms with E-state index >= 15 is 0 Å². The second-order valence-corrected chi connectivity index (χ2v) is 5.45. The zero-order chi connectivity index (χ0) is 11.8. The molecule has 1 fully saturated rings. The molecule has 90 valence electrons. The third kappa shape index (κ3) is 2.02. The topological polar surface area (TPSA) is 13.1 Å². The van der Waals surface area contributed by atoms with Gasteiger partial charge in [-0.15, -0.1) is 0 Å². The highest BCUT2D eigenvalue weighted by molar-refractivity contribution is 5.20. The van der Waals surface area contributed by atoms with E-state index in [4.69, 9.17) is 4.74 Å². The largest absolute Gasteiger partial charge is 0.372 e. The summed E-state index contributed by atoms with van der Waals surface area (Å²) < 4.78 is 8.21. The van der Waals surface area contributed by atoms with Gasteiger partial charge in [-0.05, 0) is 31.7 Å². The van der Waals surface area contributed by atoms with E-state index in [-0.39, 0.29) is 6.10 Å². The predicted molar refractivity (Wildman–Crippen MR) is 66.3 cm³/mol. The third-order valence-corrected chi connectivity index (χ3v) is 4.11. The fraction of sp³-hybridized carbons (Fsp3) is 0.533. The minimum Gasteiger partial charge on any atom is -0.372 e. The van der Waals surface area contributed by atoms with Gasteiger partial charge in [-0.25, -0.2) is 4.57 Å². The first-order chi connectivity index (χ1) is 8.24. The summed E-state index contributed by atoms with van der Waals surface area (Å²) in [6.45, 7) is 3.18. The van der Waals surface area contributed by atoms with Gasteiger partial charge in [0.1, 0.15) is 7.05 Å². The Hall–Kier alpha value is -1.15. The lowest BCUT2D eigenvalue weighted by atomic mass is 9.75. The van der Waals surface area contributed by atoms with E-state index in [1.165, 1.54) is 24.0 Å². The first-order valence-electron chi connectivity index (χ1n) is 6.47. The van der Waals surface area contributed by atoms with Crippen LogP contribution in [-0.4, -0.2) is 6.61 Å². The van der Waals surface area contributed by atoms with Crippen LogP contribution in [0.2, 0.25) is 0 Å². The van der Waals surface area contributed by atoms with Crippen LogP contribution < -0.4 is 4.57 Å². The highest BCUT2D eigenvalue weighted by Crippen LogP contribution is 2.43. The highest BCUT2D eigenvalue weighted by Gasteiger charge is 2.36. The Morgan fingerprint density at radius 2 is 2.29 bits per heavy atom. The van der Waals surface area contributed by atoms with Gasteiger partial charge in [0.25, 0.3) is 0 Å². The van der Waals surface area contributed by atoms with E-state index < -0.39 is 0 Å². The van der Waals surface area contributed by atoms with Crippen molar-refractivity contribution in [1.82, 2.24) is 0 Å². The molecule has 0 unspecified atom stereocenters. The first kappa shape index (κ1) is 11.0. The van der Waals surface area contributed by atoms with Gasteiger partial charge in [-0.3, -0.25) is 0 Å². The molecule has 0 saturated carbocycles. The molecule has 1 aromatic heterocycles. The zero-order valence-corrected chi connectivity index (χ0v) is 10.6. The number of pyridine rings is 1. The van der Waals surface area contributed by atoms with E-state index in [1.54, 1.807) is 0 Å². The van der Waals surface area contributed by atoms with Crippen LogP contribution in [-0.2, 0) is 11.8 Å². The van der Waals surface area contributed by atoms with E-state index in [2.05, 4.69) is 49.1 Å². The molecule has 1 saturated heterocycles. The van der Waals surface area contributed by atoms with E-state index in [0.29, 0.717) is 5.92 Å². The summed E-state index contributed by atoms with van der Waals surface area (Å²) in [5, 5.41) is 0. The third-order valence-electron chi connectivity index (χ3n) is 4.11. The van der Waals surface area contributed by atoms with Gasteiger partial charge in [0.05, 0.1) is 12.7 Å². The molecule has 3 atom stereocenters. The fourth-order valence-electron chi connectivity index (χ4n) is 3.11. The molecule has 17 heavy (non-hydrogen) atoms. The SMILES string of the molecule is CC1=CC[C@H]2CO[C@H](c3ccc[n+](C)c3)[C@H]1C2. The Morgan fingerprint density at radius 3 is 3.12 bits per heavy atom. The standard InChI is InChI=1S/C15H20NO/c1-11-5-6-12-8-14(11)15(17-10-12)13-4-3-7-16(2)9-13/h3-5,7,9,12,14-15H,6,8,10H2,1-2H3/q+1/t12-,14+,15-/m1/s1. The van der Waals surface area contributed by atoms with E-state index in [1.807, 2.05) is 0 Å². The summed E-state index contributed by atoms with van der Waals surface area (Å²) in [6.07, 6.45) is 9.43. The zero-order valence-electron chi connectivity index (χ0n) is 10.6. The maximum atomic E-state index is 6.10. The van der Waals surface area contributed by atoms with Crippen molar-refractivity contribution in [3.05, 3.63) is 41.7 Å². The molecule has 0 spiro atoms. The lowest BCUT2D eigenvalue weighted by molar-refractivity contribution is -0.672. The van der Waals surface area contributed by atoms with Crippen LogP contribution in [0.15, 0.2) is 36.2 Å². The number of hydrogen-bond donors (Lipinski definition) is 0. The molecule has 1 aromatic rings. The quantitative estimate of drug-likeness (QED) is 0.534. The van der Waals surface area contributed by atoms with Gasteiger partial charge >= 0.3 is 0 Å². The molecule has 1 aliphatic heterocycles. The monoisotopic (exact) mass is 230 g/mol. The Kier molecular flexibility index (Phi) is 2.75. The molecule has 2 aliphatic rings. The number of ether oxygens (including phenoxy) is 1. The molecule has 0 N–H and O–H groups in total. The summed E-state index contributed by atoms with van der Waals surface area (Å²) >= 11 is 0. The minimum absolute atomic E-state index is 0.259. The molecule has 0 aromatic carbocycles. The van der Waals surface area contributed by atoms with Crippen molar-refractivity contribution in [2.75, 3.05) is 6.61 Å². The average molecular weight is 230 g/mol. The predicted octanol–water partition coefficient (Wildman–Crippen LogP) is 2.55. The van der Waals surface area contributed by atoms with Crippen molar-refractivity contribution in [3.8, 4) is 0 Å². The lowest BCUT2D eigenvalue weighted by Crippen LogP contribution is -2.34. The molecule has 2 heteroatoms. The van der Waals surface area contributed by atoms with Gasteiger partial charge < -0.3 is 4.74 Å². The maximum absolute atomic E-state index is 6.10. The maximum Gasteiger partial charge on any atom is 0.174 e. The van der Waals surface area contributed by atoms with Gasteiger partial charge in [-0.2, -0.15) is 0 Å². The molecular formula is C15H20NO+. The minimum atomic E-state index is 0.259. The van der Waals surface area contributed by atoms with E-state index in [0.717, 1.165) is 12.5 Å². The molecule has 2 heterocycles. The number of allylic oxidation sites excluding steroid dienone is 1. The average Bonchev–Trinajstić information content (AvgIpc) is 2.34. The Morgan fingerprint density at radius 1 is 1.41 bits per heavy atom. The summed E-state index contributed by atoms with van der Waals surface area (Å²) in [5.74, 6) is 1.34. The summed E-state index contributed by atoms with van der Waals surface area (Å²) in [6, 6.07) is 4.29. The van der Waals surface area contributed by atoms with E-state index in [9.17, 15) is 0 Å². The molecule has 1 aliphatic carbocycles. The van der Waals surface area contributed by atoms with Crippen molar-refractivity contribution < 1.29 is 9.30 Å². The van der Waals surface area contributed by atoms with Crippen molar-refractivity contribution in [1.29, 1.82) is 0 Å². The van der Waals surface area contributed by atoms with Crippen LogP contribution in [0.25, 0.3) is 0 Å². The normalized spacial score (nSPS) is 32.1. The van der Waals surface area contributed by atoms with Gasteiger partial charge in [-0.1, -0.05) is 11.6 Å². The van der Waals surface area contributed by atoms with Crippen LogP contribution in [0, 0.1) is 11.8 Å². The molecule has 0 radical (unpaired) electrons. The van der Waals surface area contributed by atoms with Gasteiger partial charge in [0.15, 0.2) is 12.4 Å². The summed E-state index contributed by atoms with van der Waals surface area (Å²) in [4.78, 5) is 0. The van der Waals surface area contributed by atoms with Crippen LogP contribution in [0.3, 0.4) is 0 Å². The van der Waals surface area contributed by atoms with Crippen molar-refractivity contribution in [2.24, 2.45) is 18.9 Å². The van der Waals surface area contributed by atoms with Gasteiger partial charge in [0, 0.05) is 17.5 Å². The molecule has 2 bridgehead atoms. The number of aromatic nitrogens is 1. The molecule has 0 amide bonds. The van der Waals surface area contributed by atoms with Crippen LogP contribution >= 0.6 is 0 Å². The van der Waals surface area contributed by atoms with Crippen molar-refractivity contribution in [3.63, 3.8) is 0 Å². The number of fused-ring (bicyclic) bond motifs is 2. The fourth-order valence-corrected chi connectivity index (χ4v) is 3.11. The second kappa shape index (κ2) is 4.26.